The van der Waals surface area contributed by atoms with Gasteiger partial charge in [-0.15, -0.1) is 11.3 Å². The molecule has 0 unspecified atom stereocenters. The van der Waals surface area contributed by atoms with Gasteiger partial charge in [0, 0.05) is 23.7 Å². The van der Waals surface area contributed by atoms with Gasteiger partial charge < -0.3 is 24.7 Å². The van der Waals surface area contributed by atoms with Gasteiger partial charge in [-0.1, -0.05) is 6.07 Å². The van der Waals surface area contributed by atoms with Crippen LogP contribution in [0.15, 0.2) is 51.5 Å². The second-order valence-corrected chi connectivity index (χ2v) is 9.28. The fourth-order valence-corrected chi connectivity index (χ4v) is 4.44. The van der Waals surface area contributed by atoms with Gasteiger partial charge in [-0.2, -0.15) is 0 Å². The van der Waals surface area contributed by atoms with Gasteiger partial charge >= 0.3 is 11.8 Å². The standard InChI is InChI=1S/C14H11N3O3S.C10H14N2O5/c1-20-14(19)17-13-15-9-5-4-8(7-10(9)16-13)12(18)11-3-2-6-21-11;1-5-3-12(10(16)11-9(5)15)8-2-6(14)7(4-13)17-8/h2-7H,1H3,(H2,15,16,17,19);3,6-8,13-14H,2,4H2,1H3,(H,11,15,16)/t;6-,7+,8+/m.0/s1. The quantitative estimate of drug-likeness (QED) is 0.232. The first kappa shape index (κ1) is 26.9. The molecule has 5 rings (SSSR count). The molecule has 0 saturated carbocycles. The van der Waals surface area contributed by atoms with Crippen molar-refractivity contribution in [2.24, 2.45) is 0 Å². The van der Waals surface area contributed by atoms with Crippen molar-refractivity contribution in [2.75, 3.05) is 19.0 Å². The number of fused-ring (bicyclic) bond motifs is 1. The van der Waals surface area contributed by atoms with Crippen LogP contribution in [0.25, 0.3) is 11.0 Å². The van der Waals surface area contributed by atoms with E-state index in [9.17, 15) is 24.3 Å². The minimum absolute atomic E-state index is 0.0380. The molecule has 1 saturated heterocycles. The number of carbonyl (C=O) groups is 2. The van der Waals surface area contributed by atoms with Crippen molar-refractivity contribution < 1.29 is 29.3 Å². The van der Waals surface area contributed by atoms with Gasteiger partial charge in [0.1, 0.15) is 12.3 Å². The van der Waals surface area contributed by atoms with Crippen LogP contribution in [0.4, 0.5) is 10.7 Å². The molecule has 1 fully saturated rings. The Morgan fingerprint density at radius 2 is 2.08 bits per heavy atom. The number of methoxy groups -OCH3 is 1. The molecule has 3 aromatic heterocycles. The number of nitrogens with zero attached hydrogens (tertiary/aromatic N) is 2. The summed E-state index contributed by atoms with van der Waals surface area (Å²) in [6, 6.07) is 8.79. The average Bonchev–Trinajstić information content (AvgIpc) is 3.65. The second-order valence-electron chi connectivity index (χ2n) is 8.33. The number of anilines is 1. The van der Waals surface area contributed by atoms with Crippen molar-refractivity contribution in [1.82, 2.24) is 19.5 Å². The van der Waals surface area contributed by atoms with Gasteiger partial charge in [-0.25, -0.2) is 14.6 Å². The van der Waals surface area contributed by atoms with Gasteiger partial charge in [-0.05, 0) is 36.6 Å². The SMILES string of the molecule is COC(=O)Nc1nc2ccc(C(=O)c3cccs3)cc2[nH]1.Cc1cn([C@H]2C[C@H](O)[C@@H](CO)O2)c(=O)[nH]c1=O. The first-order chi connectivity index (χ1) is 18.2. The molecule has 14 heteroatoms. The zero-order valence-corrected chi connectivity index (χ0v) is 21.2. The third-order valence-corrected chi connectivity index (χ3v) is 6.60. The van der Waals surface area contributed by atoms with Crippen LogP contribution in [0.3, 0.4) is 0 Å². The van der Waals surface area contributed by atoms with Crippen molar-refractivity contribution in [2.45, 2.75) is 31.8 Å². The number of benzene rings is 1. The molecule has 4 heterocycles. The van der Waals surface area contributed by atoms with E-state index >= 15 is 0 Å². The molecule has 13 nitrogen and oxygen atoms in total. The maximum Gasteiger partial charge on any atom is 0.413 e. The van der Waals surface area contributed by atoms with Gasteiger partial charge in [0.2, 0.25) is 11.7 Å². The minimum atomic E-state index is -0.816. The molecule has 1 aliphatic heterocycles. The highest BCUT2D eigenvalue weighted by Gasteiger charge is 2.35. The molecule has 0 aliphatic carbocycles. The monoisotopic (exact) mass is 543 g/mol. The molecule has 5 N–H and O–H groups in total. The maximum absolute atomic E-state index is 12.3. The topological polar surface area (TPSA) is 189 Å². The molecule has 0 spiro atoms. The lowest BCUT2D eigenvalue weighted by Crippen LogP contribution is -2.33. The first-order valence-electron chi connectivity index (χ1n) is 11.4. The van der Waals surface area contributed by atoms with Gasteiger partial charge in [0.15, 0.2) is 0 Å². The van der Waals surface area contributed by atoms with Crippen LogP contribution >= 0.6 is 11.3 Å². The Morgan fingerprint density at radius 3 is 2.74 bits per heavy atom. The Morgan fingerprint density at radius 1 is 1.29 bits per heavy atom. The van der Waals surface area contributed by atoms with E-state index in [1.165, 1.54) is 29.2 Å². The summed E-state index contributed by atoms with van der Waals surface area (Å²) in [6.07, 6.45) is -1.19. The van der Waals surface area contributed by atoms with E-state index < -0.39 is 35.8 Å². The molecule has 3 atom stereocenters. The summed E-state index contributed by atoms with van der Waals surface area (Å²) in [5, 5.41) is 22.8. The second kappa shape index (κ2) is 11.5. The summed E-state index contributed by atoms with van der Waals surface area (Å²) in [7, 11) is 1.27. The Labute approximate surface area is 218 Å². The molecule has 4 aromatic rings. The number of aliphatic hydroxyl groups is 2. The Hall–Kier alpha value is -4.11. The van der Waals surface area contributed by atoms with Crippen LogP contribution in [0.2, 0.25) is 0 Å². The summed E-state index contributed by atoms with van der Waals surface area (Å²) in [5.41, 5.74) is 1.25. The number of imidazole rings is 1. The third kappa shape index (κ3) is 5.89. The fourth-order valence-electron chi connectivity index (χ4n) is 3.76. The number of ketones is 1. The number of aromatic nitrogens is 4. The van der Waals surface area contributed by atoms with Crippen molar-refractivity contribution in [3.05, 3.63) is 78.8 Å². The molecule has 0 bridgehead atoms. The normalized spacial score (nSPS) is 18.6. The van der Waals surface area contributed by atoms with E-state index in [4.69, 9.17) is 9.84 Å². The number of nitrogens with one attached hydrogen (secondary N) is 3. The lowest BCUT2D eigenvalue weighted by Gasteiger charge is -2.14. The van der Waals surface area contributed by atoms with Crippen molar-refractivity contribution in [3.63, 3.8) is 0 Å². The molecule has 200 valence electrons. The largest absolute Gasteiger partial charge is 0.453 e. The number of thiophene rings is 1. The van der Waals surface area contributed by atoms with E-state index in [0.717, 1.165) is 0 Å². The molecule has 1 aliphatic rings. The van der Waals surface area contributed by atoms with Crippen molar-refractivity contribution in [1.29, 1.82) is 0 Å². The smallest absolute Gasteiger partial charge is 0.413 e. The Balaban J connectivity index is 0.000000181. The third-order valence-electron chi connectivity index (χ3n) is 5.74. The number of aliphatic hydroxyl groups excluding tert-OH is 2. The summed E-state index contributed by atoms with van der Waals surface area (Å²) >= 11 is 1.40. The fraction of sp³-hybridized carbons (Fsp3) is 0.292. The van der Waals surface area contributed by atoms with Crippen LogP contribution in [-0.4, -0.2) is 67.5 Å². The molecule has 38 heavy (non-hydrogen) atoms. The highest BCUT2D eigenvalue weighted by molar-refractivity contribution is 7.12. The first-order valence-corrected chi connectivity index (χ1v) is 12.3. The summed E-state index contributed by atoms with van der Waals surface area (Å²) in [5.74, 6) is 0.238. The number of H-pyrrole nitrogens is 2. The lowest BCUT2D eigenvalue weighted by atomic mass is 10.1. The number of aryl methyl sites for hydroxylation is 1. The van der Waals surface area contributed by atoms with E-state index in [1.807, 2.05) is 11.4 Å². The molecule has 1 amide bonds. The molecule has 0 radical (unpaired) electrons. The van der Waals surface area contributed by atoms with Gasteiger partial charge in [0.25, 0.3) is 5.56 Å². The summed E-state index contributed by atoms with van der Waals surface area (Å²) < 4.78 is 11.0. The van der Waals surface area contributed by atoms with Gasteiger partial charge in [-0.3, -0.25) is 24.5 Å². The van der Waals surface area contributed by atoms with Crippen LogP contribution in [0.5, 0.6) is 0 Å². The zero-order chi connectivity index (χ0) is 27.4. The van der Waals surface area contributed by atoms with Crippen LogP contribution in [0.1, 0.15) is 33.4 Å². The minimum Gasteiger partial charge on any atom is -0.453 e. The molecular weight excluding hydrogens is 518 g/mol. The van der Waals surface area contributed by atoms with Crippen LogP contribution in [-0.2, 0) is 9.47 Å². The number of aromatic amines is 2. The number of hydrogen-bond acceptors (Lipinski definition) is 10. The Kier molecular flexibility index (Phi) is 8.16. The van der Waals surface area contributed by atoms with E-state index in [2.05, 4.69) is 25.0 Å². The van der Waals surface area contributed by atoms with E-state index in [1.54, 1.807) is 31.2 Å². The van der Waals surface area contributed by atoms with E-state index in [-0.39, 0.29) is 24.8 Å². The molecular formula is C24H25N5O8S. The lowest BCUT2D eigenvalue weighted by molar-refractivity contribution is -0.0459. The van der Waals surface area contributed by atoms with Crippen LogP contribution < -0.4 is 16.6 Å². The van der Waals surface area contributed by atoms with Crippen LogP contribution in [0, 0.1) is 6.92 Å². The summed E-state index contributed by atoms with van der Waals surface area (Å²) in [6.45, 7) is 1.26. The highest BCUT2D eigenvalue weighted by Crippen LogP contribution is 2.27. The van der Waals surface area contributed by atoms with E-state index in [0.29, 0.717) is 27.0 Å². The van der Waals surface area contributed by atoms with Crippen molar-refractivity contribution >= 4 is 40.2 Å². The summed E-state index contributed by atoms with van der Waals surface area (Å²) in [4.78, 5) is 56.1. The van der Waals surface area contributed by atoms with Crippen molar-refractivity contribution in [3.8, 4) is 0 Å². The average molecular weight is 544 g/mol. The zero-order valence-electron chi connectivity index (χ0n) is 20.3. The number of amides is 1. The number of carbonyl (C=O) groups excluding carboxylic acids is 2. The predicted molar refractivity (Wildman–Crippen MR) is 138 cm³/mol. The number of rotatable bonds is 5. The molecule has 1 aromatic carbocycles. The predicted octanol–water partition coefficient (Wildman–Crippen LogP) is 1.52. The highest BCUT2D eigenvalue weighted by atomic mass is 32.1. The van der Waals surface area contributed by atoms with Gasteiger partial charge in [0.05, 0.1) is 35.7 Å². The maximum atomic E-state index is 12.3. The number of ether oxygens (including phenoxy) is 2. The Bertz CT molecular complexity index is 1560. The number of hydrogen-bond donors (Lipinski definition) is 5.